The average molecular weight is 212 g/mol. The molecular formula is C11H16O4. The average Bonchev–Trinajstić information content (AvgIpc) is 2.16. The molecule has 0 spiro atoms. The van der Waals surface area contributed by atoms with Gasteiger partial charge < -0.3 is 9.47 Å². The molecule has 0 rings (SSSR count). The molecule has 4 nitrogen and oxygen atoms in total. The van der Waals surface area contributed by atoms with Crippen molar-refractivity contribution in [1.82, 2.24) is 0 Å². The lowest BCUT2D eigenvalue weighted by molar-refractivity contribution is -0.157. The summed E-state index contributed by atoms with van der Waals surface area (Å²) in [5, 5.41) is 0. The Kier molecular flexibility index (Phi) is 6.09. The van der Waals surface area contributed by atoms with Crippen LogP contribution in [-0.4, -0.2) is 24.1 Å². The summed E-state index contributed by atoms with van der Waals surface area (Å²) in [5.41, 5.74) is 0. The summed E-state index contributed by atoms with van der Waals surface area (Å²) >= 11 is 0. The molecule has 0 radical (unpaired) electrons. The maximum atomic E-state index is 11.1. The van der Waals surface area contributed by atoms with Gasteiger partial charge in [-0.1, -0.05) is 25.3 Å². The van der Waals surface area contributed by atoms with Gasteiger partial charge in [-0.05, 0) is 13.8 Å². The van der Waals surface area contributed by atoms with Crippen molar-refractivity contribution in [2.45, 2.75) is 32.5 Å². The van der Waals surface area contributed by atoms with Gasteiger partial charge in [0, 0.05) is 0 Å². The van der Waals surface area contributed by atoms with Crippen molar-refractivity contribution < 1.29 is 19.1 Å². The van der Waals surface area contributed by atoms with E-state index in [2.05, 4.69) is 13.2 Å². The van der Waals surface area contributed by atoms with E-state index in [4.69, 9.17) is 9.47 Å². The molecule has 0 aromatic heterocycles. The van der Waals surface area contributed by atoms with E-state index < -0.39 is 30.6 Å². The van der Waals surface area contributed by atoms with Crippen LogP contribution in [0.4, 0.5) is 0 Å². The first kappa shape index (κ1) is 13.4. The second-order valence-corrected chi connectivity index (χ2v) is 3.04. The van der Waals surface area contributed by atoms with Crippen LogP contribution in [0.2, 0.25) is 0 Å². The minimum Gasteiger partial charge on any atom is -0.458 e. The first-order valence-electron chi connectivity index (χ1n) is 4.63. The molecule has 0 saturated heterocycles. The van der Waals surface area contributed by atoms with Gasteiger partial charge in [-0.25, -0.2) is 0 Å². The van der Waals surface area contributed by atoms with Crippen LogP contribution in [0, 0.1) is 0 Å². The normalized spacial score (nSPS) is 13.5. The fourth-order valence-electron chi connectivity index (χ4n) is 0.712. The van der Waals surface area contributed by atoms with Crippen LogP contribution in [0.1, 0.15) is 20.3 Å². The van der Waals surface area contributed by atoms with Gasteiger partial charge >= 0.3 is 11.9 Å². The fourth-order valence-corrected chi connectivity index (χ4v) is 0.712. The number of carbonyl (C=O) groups is 2. The summed E-state index contributed by atoms with van der Waals surface area (Å²) in [6.45, 7) is 10.2. The summed E-state index contributed by atoms with van der Waals surface area (Å²) < 4.78 is 9.60. The Bertz CT molecular complexity index is 231. The molecule has 0 aliphatic rings. The van der Waals surface area contributed by atoms with E-state index in [-0.39, 0.29) is 0 Å². The van der Waals surface area contributed by atoms with Crippen molar-refractivity contribution >= 4 is 11.9 Å². The highest BCUT2D eigenvalue weighted by Crippen LogP contribution is 1.99. The maximum Gasteiger partial charge on any atom is 0.317 e. The number of carbonyl (C=O) groups excluding carboxylic acids is 2. The molecule has 0 aromatic rings. The molecular weight excluding hydrogens is 196 g/mol. The Balaban J connectivity index is 3.91. The zero-order chi connectivity index (χ0) is 11.8. The summed E-state index contributed by atoms with van der Waals surface area (Å²) in [6.07, 6.45) is 1.74. The topological polar surface area (TPSA) is 52.6 Å². The van der Waals surface area contributed by atoms with E-state index in [0.29, 0.717) is 0 Å². The monoisotopic (exact) mass is 212 g/mol. The molecule has 84 valence electrons. The minimum atomic E-state index is -0.622. The van der Waals surface area contributed by atoms with Crippen molar-refractivity contribution in [3.8, 4) is 0 Å². The molecule has 2 unspecified atom stereocenters. The Morgan fingerprint density at radius 1 is 1.07 bits per heavy atom. The van der Waals surface area contributed by atoms with Gasteiger partial charge in [0.15, 0.2) is 0 Å². The van der Waals surface area contributed by atoms with E-state index in [9.17, 15) is 9.59 Å². The molecule has 0 saturated carbocycles. The van der Waals surface area contributed by atoms with Gasteiger partial charge in [-0.3, -0.25) is 9.59 Å². The van der Waals surface area contributed by atoms with E-state index in [1.54, 1.807) is 13.8 Å². The molecule has 0 aliphatic heterocycles. The lowest BCUT2D eigenvalue weighted by atomic mass is 10.3. The predicted molar refractivity (Wildman–Crippen MR) is 56.1 cm³/mol. The Labute approximate surface area is 89.6 Å². The van der Waals surface area contributed by atoms with E-state index in [1.807, 2.05) is 0 Å². The smallest absolute Gasteiger partial charge is 0.317 e. The number of ether oxygens (including phenoxy) is 2. The van der Waals surface area contributed by atoms with Crippen LogP contribution in [0.25, 0.3) is 0 Å². The van der Waals surface area contributed by atoms with Crippen molar-refractivity contribution in [2.24, 2.45) is 0 Å². The Morgan fingerprint density at radius 2 is 1.40 bits per heavy atom. The third-order valence-electron chi connectivity index (χ3n) is 1.59. The molecule has 2 atom stereocenters. The lowest BCUT2D eigenvalue weighted by Gasteiger charge is -2.10. The third kappa shape index (κ3) is 6.49. The maximum absolute atomic E-state index is 11.1. The molecule has 0 amide bonds. The molecule has 0 heterocycles. The van der Waals surface area contributed by atoms with Crippen molar-refractivity contribution in [3.63, 3.8) is 0 Å². The minimum absolute atomic E-state index is 0.393. The highest BCUT2D eigenvalue weighted by molar-refractivity contribution is 5.91. The van der Waals surface area contributed by atoms with Gasteiger partial charge in [0.1, 0.15) is 18.6 Å². The van der Waals surface area contributed by atoms with Gasteiger partial charge in [0.25, 0.3) is 0 Å². The zero-order valence-electron chi connectivity index (χ0n) is 9.06. The van der Waals surface area contributed by atoms with Crippen LogP contribution in [0.5, 0.6) is 0 Å². The van der Waals surface area contributed by atoms with Gasteiger partial charge in [0.05, 0.1) is 0 Å². The predicted octanol–water partition coefficient (Wildman–Crippen LogP) is 1.61. The van der Waals surface area contributed by atoms with Gasteiger partial charge in [-0.15, -0.1) is 0 Å². The number of hydrogen-bond donors (Lipinski definition) is 0. The molecule has 0 N–H and O–H groups in total. The van der Waals surface area contributed by atoms with Gasteiger partial charge in [0.2, 0.25) is 0 Å². The van der Waals surface area contributed by atoms with Crippen LogP contribution in [0.15, 0.2) is 25.3 Å². The number of hydrogen-bond acceptors (Lipinski definition) is 4. The largest absolute Gasteiger partial charge is 0.458 e. The van der Waals surface area contributed by atoms with Crippen molar-refractivity contribution in [2.75, 3.05) is 0 Å². The van der Waals surface area contributed by atoms with Crippen molar-refractivity contribution in [3.05, 3.63) is 25.3 Å². The SMILES string of the molecule is C=CC(C)OC(=O)CC(=O)OC(C)C=C. The summed E-state index contributed by atoms with van der Waals surface area (Å²) in [4.78, 5) is 22.2. The highest BCUT2D eigenvalue weighted by atomic mass is 16.6. The van der Waals surface area contributed by atoms with Crippen LogP contribution in [-0.2, 0) is 19.1 Å². The second-order valence-electron chi connectivity index (χ2n) is 3.04. The van der Waals surface area contributed by atoms with Crippen LogP contribution < -0.4 is 0 Å². The fraction of sp³-hybridized carbons (Fsp3) is 0.455. The molecule has 15 heavy (non-hydrogen) atoms. The number of esters is 2. The van der Waals surface area contributed by atoms with E-state index >= 15 is 0 Å². The Hall–Kier alpha value is -1.58. The third-order valence-corrected chi connectivity index (χ3v) is 1.59. The quantitative estimate of drug-likeness (QED) is 0.381. The highest BCUT2D eigenvalue weighted by Gasteiger charge is 2.15. The first-order chi connectivity index (χ1) is 6.99. The van der Waals surface area contributed by atoms with E-state index in [1.165, 1.54) is 12.2 Å². The molecule has 0 aromatic carbocycles. The summed E-state index contributed by atoms with van der Waals surface area (Å²) in [7, 11) is 0. The Morgan fingerprint density at radius 3 is 1.67 bits per heavy atom. The summed E-state index contributed by atoms with van der Waals surface area (Å²) in [5.74, 6) is -1.24. The lowest BCUT2D eigenvalue weighted by Crippen LogP contribution is -2.20. The zero-order valence-corrected chi connectivity index (χ0v) is 9.06. The first-order valence-corrected chi connectivity index (χ1v) is 4.63. The van der Waals surface area contributed by atoms with Crippen molar-refractivity contribution in [1.29, 1.82) is 0 Å². The molecule has 0 fully saturated rings. The molecule has 0 bridgehead atoms. The van der Waals surface area contributed by atoms with Gasteiger partial charge in [-0.2, -0.15) is 0 Å². The van der Waals surface area contributed by atoms with E-state index in [0.717, 1.165) is 0 Å². The van der Waals surface area contributed by atoms with Crippen LogP contribution in [0.3, 0.4) is 0 Å². The molecule has 0 aliphatic carbocycles. The standard InChI is InChI=1S/C11H16O4/c1-5-8(3)14-10(12)7-11(13)15-9(4)6-2/h5-6,8-9H,1-2,7H2,3-4H3. The van der Waals surface area contributed by atoms with Crippen LogP contribution >= 0.6 is 0 Å². The second kappa shape index (κ2) is 6.81. The molecule has 4 heteroatoms. The summed E-state index contributed by atoms with van der Waals surface area (Å²) in [6, 6.07) is 0. The number of rotatable bonds is 6.